The number of nitrogens with one attached hydrogen (secondary N) is 1. The summed E-state index contributed by atoms with van der Waals surface area (Å²) in [7, 11) is 3.19. The number of carbonyl (C=O) groups excluding carboxylic acids is 2. The molecule has 37 heavy (non-hydrogen) atoms. The van der Waals surface area contributed by atoms with Gasteiger partial charge in [-0.05, 0) is 66.6 Å². The number of carbonyl (C=O) groups is 2. The van der Waals surface area contributed by atoms with Crippen molar-refractivity contribution in [3.63, 3.8) is 0 Å². The van der Waals surface area contributed by atoms with Crippen molar-refractivity contribution in [3.05, 3.63) is 83.3 Å². The highest BCUT2D eigenvalue weighted by atomic mass is 16.5. The molecule has 1 aliphatic carbocycles. The molecule has 0 radical (unpaired) electrons. The van der Waals surface area contributed by atoms with Gasteiger partial charge in [0, 0.05) is 12.6 Å². The number of nitrogens with zero attached hydrogens (tertiary/aromatic N) is 1. The summed E-state index contributed by atoms with van der Waals surface area (Å²) in [5, 5.41) is 3.22. The van der Waals surface area contributed by atoms with E-state index in [9.17, 15) is 9.59 Å². The predicted octanol–water partition coefficient (Wildman–Crippen LogP) is 5.34. The Labute approximate surface area is 218 Å². The molecule has 7 nitrogen and oxygen atoms in total. The van der Waals surface area contributed by atoms with Crippen LogP contribution < -0.4 is 14.8 Å². The highest BCUT2D eigenvalue weighted by Gasteiger charge is 2.34. The Hall–Kier alpha value is -3.74. The smallest absolute Gasteiger partial charge is 0.290 e. The van der Waals surface area contributed by atoms with E-state index in [4.69, 9.17) is 13.9 Å². The molecular weight excluding hydrogens is 468 g/mol. The molecule has 1 fully saturated rings. The maximum Gasteiger partial charge on any atom is 0.290 e. The molecule has 1 aliphatic rings. The van der Waals surface area contributed by atoms with Crippen LogP contribution in [0.4, 0.5) is 0 Å². The Morgan fingerprint density at radius 1 is 1.00 bits per heavy atom. The third-order valence-corrected chi connectivity index (χ3v) is 7.05. The van der Waals surface area contributed by atoms with Crippen LogP contribution in [0.1, 0.15) is 65.9 Å². The zero-order chi connectivity index (χ0) is 26.2. The highest BCUT2D eigenvalue weighted by Crippen LogP contribution is 2.30. The molecule has 0 bridgehead atoms. The molecule has 0 spiro atoms. The second kappa shape index (κ2) is 12.5. The third kappa shape index (κ3) is 6.34. The van der Waals surface area contributed by atoms with E-state index in [0.29, 0.717) is 24.5 Å². The van der Waals surface area contributed by atoms with E-state index in [1.807, 2.05) is 42.5 Å². The lowest BCUT2D eigenvalue weighted by molar-refractivity contribution is -0.126. The van der Waals surface area contributed by atoms with Gasteiger partial charge in [-0.3, -0.25) is 9.59 Å². The number of hydrogen-bond acceptors (Lipinski definition) is 5. The molecule has 196 valence electrons. The molecule has 0 aliphatic heterocycles. The van der Waals surface area contributed by atoms with Gasteiger partial charge >= 0.3 is 0 Å². The average molecular weight is 505 g/mol. The van der Waals surface area contributed by atoms with Gasteiger partial charge in [0.1, 0.15) is 6.04 Å². The van der Waals surface area contributed by atoms with E-state index in [0.717, 1.165) is 43.2 Å². The van der Waals surface area contributed by atoms with Gasteiger partial charge in [-0.2, -0.15) is 0 Å². The number of methoxy groups -OCH3 is 2. The monoisotopic (exact) mass is 504 g/mol. The van der Waals surface area contributed by atoms with Crippen LogP contribution in [-0.4, -0.2) is 43.5 Å². The van der Waals surface area contributed by atoms with Gasteiger partial charge in [0.15, 0.2) is 17.3 Å². The van der Waals surface area contributed by atoms with E-state index in [1.54, 1.807) is 31.3 Å². The first-order chi connectivity index (χ1) is 18.0. The molecule has 0 saturated heterocycles. The number of hydrogen-bond donors (Lipinski definition) is 1. The first-order valence-corrected chi connectivity index (χ1v) is 13.0. The maximum atomic E-state index is 13.8. The fraction of sp³-hybridized carbons (Fsp3) is 0.400. The molecule has 4 rings (SSSR count). The van der Waals surface area contributed by atoms with Crippen molar-refractivity contribution in [1.29, 1.82) is 0 Å². The predicted molar refractivity (Wildman–Crippen MR) is 142 cm³/mol. The van der Waals surface area contributed by atoms with Crippen molar-refractivity contribution in [2.24, 2.45) is 0 Å². The van der Waals surface area contributed by atoms with Crippen molar-refractivity contribution in [1.82, 2.24) is 10.2 Å². The fourth-order valence-corrected chi connectivity index (χ4v) is 4.93. The van der Waals surface area contributed by atoms with Crippen LogP contribution in [0.3, 0.4) is 0 Å². The zero-order valence-electron chi connectivity index (χ0n) is 21.9. The van der Waals surface area contributed by atoms with Gasteiger partial charge < -0.3 is 24.1 Å². The largest absolute Gasteiger partial charge is 0.493 e. The van der Waals surface area contributed by atoms with Gasteiger partial charge in [-0.25, -0.2) is 0 Å². The third-order valence-electron chi connectivity index (χ3n) is 7.05. The van der Waals surface area contributed by atoms with E-state index >= 15 is 0 Å². The standard InChI is InChI=1S/C30H36N2O5/c1-4-21-11-14-23(15-12-21)28(29(33)31-24-8-5-6-9-24)32(30(34)26-10-7-19-37-26)18-17-22-13-16-25(35-2)27(20-22)36-3/h7,10-16,19-20,24,28H,4-6,8-9,17-18H2,1-3H3,(H,31,33)/t28-/m0/s1. The molecule has 1 aromatic heterocycles. The van der Waals surface area contributed by atoms with Gasteiger partial charge in [0.2, 0.25) is 5.91 Å². The van der Waals surface area contributed by atoms with Crippen molar-refractivity contribution in [2.75, 3.05) is 20.8 Å². The Balaban J connectivity index is 1.68. The van der Waals surface area contributed by atoms with Crippen molar-refractivity contribution in [2.45, 2.75) is 57.5 Å². The van der Waals surface area contributed by atoms with Crippen molar-refractivity contribution >= 4 is 11.8 Å². The SMILES string of the molecule is CCc1ccc([C@@H](C(=O)NC2CCCC2)N(CCc2ccc(OC)c(OC)c2)C(=O)c2ccco2)cc1. The van der Waals surface area contributed by atoms with Crippen LogP contribution >= 0.6 is 0 Å². The quantitative estimate of drug-likeness (QED) is 0.381. The Morgan fingerprint density at radius 2 is 1.70 bits per heavy atom. The number of amides is 2. The summed E-state index contributed by atoms with van der Waals surface area (Å²) in [6, 6.07) is 16.3. The van der Waals surface area contributed by atoms with Crippen LogP contribution in [0.2, 0.25) is 0 Å². The summed E-state index contributed by atoms with van der Waals surface area (Å²) in [6.45, 7) is 2.41. The molecule has 1 heterocycles. The highest BCUT2D eigenvalue weighted by molar-refractivity contribution is 5.96. The second-order valence-electron chi connectivity index (χ2n) is 9.40. The van der Waals surface area contributed by atoms with Crippen LogP contribution in [0, 0.1) is 0 Å². The number of rotatable bonds is 11. The lowest BCUT2D eigenvalue weighted by Crippen LogP contribution is -2.46. The van der Waals surface area contributed by atoms with E-state index in [-0.39, 0.29) is 23.6 Å². The van der Waals surface area contributed by atoms with Crippen LogP contribution in [0.25, 0.3) is 0 Å². The van der Waals surface area contributed by atoms with E-state index in [2.05, 4.69) is 12.2 Å². The zero-order valence-corrected chi connectivity index (χ0v) is 21.9. The lowest BCUT2D eigenvalue weighted by atomic mass is 9.99. The Bertz CT molecular complexity index is 1170. The Morgan fingerprint density at radius 3 is 2.32 bits per heavy atom. The number of ether oxygens (including phenoxy) is 2. The normalized spacial score (nSPS) is 14.2. The second-order valence-corrected chi connectivity index (χ2v) is 9.40. The summed E-state index contributed by atoms with van der Waals surface area (Å²) in [6.07, 6.45) is 7.03. The molecule has 2 aromatic carbocycles. The minimum atomic E-state index is -0.788. The number of furan rings is 1. The van der Waals surface area contributed by atoms with Gasteiger partial charge in [0.25, 0.3) is 5.91 Å². The Kier molecular flexibility index (Phi) is 8.88. The molecular formula is C30H36N2O5. The molecule has 1 N–H and O–H groups in total. The minimum Gasteiger partial charge on any atom is -0.493 e. The molecule has 2 amide bonds. The molecule has 1 atom stereocenters. The summed E-state index contributed by atoms with van der Waals surface area (Å²) < 4.78 is 16.3. The van der Waals surface area contributed by atoms with Gasteiger partial charge in [0.05, 0.1) is 20.5 Å². The number of aryl methyl sites for hydroxylation is 1. The first kappa shape index (κ1) is 26.3. The average Bonchev–Trinajstić information content (AvgIpc) is 3.65. The van der Waals surface area contributed by atoms with Crippen LogP contribution in [-0.2, 0) is 17.6 Å². The maximum absolute atomic E-state index is 13.8. The number of benzene rings is 2. The molecule has 7 heteroatoms. The van der Waals surface area contributed by atoms with Gasteiger partial charge in [-0.15, -0.1) is 0 Å². The first-order valence-electron chi connectivity index (χ1n) is 13.0. The van der Waals surface area contributed by atoms with E-state index in [1.165, 1.54) is 11.8 Å². The minimum absolute atomic E-state index is 0.135. The lowest BCUT2D eigenvalue weighted by Gasteiger charge is -2.32. The topological polar surface area (TPSA) is 81.0 Å². The van der Waals surface area contributed by atoms with Crippen molar-refractivity contribution < 1.29 is 23.5 Å². The summed E-state index contributed by atoms with van der Waals surface area (Å²) >= 11 is 0. The summed E-state index contributed by atoms with van der Waals surface area (Å²) in [4.78, 5) is 29.2. The molecule has 3 aromatic rings. The summed E-state index contributed by atoms with van der Waals surface area (Å²) in [5.74, 6) is 0.977. The summed E-state index contributed by atoms with van der Waals surface area (Å²) in [5.41, 5.74) is 2.92. The fourth-order valence-electron chi connectivity index (χ4n) is 4.93. The van der Waals surface area contributed by atoms with E-state index < -0.39 is 6.04 Å². The van der Waals surface area contributed by atoms with Crippen LogP contribution in [0.5, 0.6) is 11.5 Å². The van der Waals surface area contributed by atoms with Crippen molar-refractivity contribution in [3.8, 4) is 11.5 Å². The van der Waals surface area contributed by atoms with Gasteiger partial charge in [-0.1, -0.05) is 50.1 Å². The molecule has 0 unspecified atom stereocenters. The molecule has 1 saturated carbocycles. The van der Waals surface area contributed by atoms with Crippen LogP contribution in [0.15, 0.2) is 65.3 Å².